The van der Waals surface area contributed by atoms with Crippen molar-refractivity contribution < 1.29 is 18.3 Å². The first-order chi connectivity index (χ1) is 8.80. The molecule has 0 spiro atoms. The van der Waals surface area contributed by atoms with Gasteiger partial charge in [0.05, 0.1) is 5.69 Å². The fraction of sp³-hybridized carbons (Fsp3) is 0.417. The van der Waals surface area contributed by atoms with E-state index in [1.165, 1.54) is 0 Å². The number of nitrogens with one attached hydrogen (secondary N) is 2. The molecule has 1 aromatic carbocycles. The van der Waals surface area contributed by atoms with Crippen molar-refractivity contribution in [2.24, 2.45) is 0 Å². The molecule has 7 heteroatoms. The van der Waals surface area contributed by atoms with Gasteiger partial charge in [0.25, 0.3) is 10.2 Å². The van der Waals surface area contributed by atoms with Gasteiger partial charge < -0.3 is 5.11 Å². The molecule has 0 radical (unpaired) electrons. The van der Waals surface area contributed by atoms with Crippen molar-refractivity contribution in [3.63, 3.8) is 0 Å². The minimum Gasteiger partial charge on any atom is -0.481 e. The molecule has 0 saturated carbocycles. The van der Waals surface area contributed by atoms with Gasteiger partial charge in [0.15, 0.2) is 0 Å². The van der Waals surface area contributed by atoms with Crippen LogP contribution in [0.1, 0.15) is 25.8 Å². The molecule has 0 fully saturated rings. The molecule has 6 nitrogen and oxygen atoms in total. The average Bonchev–Trinajstić information content (AvgIpc) is 2.25. The number of anilines is 1. The van der Waals surface area contributed by atoms with Crippen LogP contribution in [0.3, 0.4) is 0 Å². The standard InChI is InChI=1S/C12H18N2O4S/c1-9(2)13-19(17,18)14-11-6-4-3-5-10(11)7-8-12(15)16/h3-6,9,13-14H,7-8H2,1-2H3,(H,15,16). The number of carboxylic acids is 1. The van der Waals surface area contributed by atoms with Gasteiger partial charge in [-0.3, -0.25) is 9.52 Å². The summed E-state index contributed by atoms with van der Waals surface area (Å²) in [5.41, 5.74) is 1.05. The molecule has 0 aliphatic heterocycles. The highest BCUT2D eigenvalue weighted by Gasteiger charge is 2.13. The SMILES string of the molecule is CC(C)NS(=O)(=O)Nc1ccccc1CCC(=O)O. The minimum atomic E-state index is -3.64. The van der Waals surface area contributed by atoms with E-state index in [-0.39, 0.29) is 18.9 Å². The maximum atomic E-state index is 11.8. The van der Waals surface area contributed by atoms with E-state index in [2.05, 4.69) is 9.44 Å². The lowest BCUT2D eigenvalue weighted by molar-refractivity contribution is -0.136. The molecule has 0 atom stereocenters. The van der Waals surface area contributed by atoms with Crippen LogP contribution in [0, 0.1) is 0 Å². The predicted molar refractivity (Wildman–Crippen MR) is 73.2 cm³/mol. The third kappa shape index (κ3) is 5.71. The van der Waals surface area contributed by atoms with Gasteiger partial charge in [0.1, 0.15) is 0 Å². The number of hydrogen-bond acceptors (Lipinski definition) is 3. The molecule has 1 rings (SSSR count). The summed E-state index contributed by atoms with van der Waals surface area (Å²) in [6, 6.07) is 6.53. The van der Waals surface area contributed by atoms with E-state index < -0.39 is 16.2 Å². The Morgan fingerprint density at radius 2 is 1.95 bits per heavy atom. The van der Waals surface area contributed by atoms with Gasteiger partial charge in [0, 0.05) is 12.5 Å². The summed E-state index contributed by atoms with van der Waals surface area (Å²) in [5, 5.41) is 8.67. The van der Waals surface area contributed by atoms with Crippen LogP contribution in [0.4, 0.5) is 5.69 Å². The van der Waals surface area contributed by atoms with Crippen LogP contribution >= 0.6 is 0 Å². The van der Waals surface area contributed by atoms with Crippen molar-refractivity contribution in [2.45, 2.75) is 32.7 Å². The number of carboxylic acid groups (broad SMARTS) is 1. The van der Waals surface area contributed by atoms with Crippen LogP contribution in [-0.2, 0) is 21.4 Å². The monoisotopic (exact) mass is 286 g/mol. The molecule has 0 heterocycles. The smallest absolute Gasteiger partial charge is 0.303 e. The summed E-state index contributed by atoms with van der Waals surface area (Å²) in [6.45, 7) is 3.44. The van der Waals surface area contributed by atoms with Crippen molar-refractivity contribution >= 4 is 21.9 Å². The van der Waals surface area contributed by atoms with Gasteiger partial charge in [0.2, 0.25) is 0 Å². The molecule has 1 aromatic rings. The van der Waals surface area contributed by atoms with Crippen molar-refractivity contribution in [3.8, 4) is 0 Å². The third-order valence-electron chi connectivity index (χ3n) is 2.26. The van der Waals surface area contributed by atoms with Crippen LogP contribution in [0.15, 0.2) is 24.3 Å². The molecule has 106 valence electrons. The van der Waals surface area contributed by atoms with E-state index in [1.807, 2.05) is 0 Å². The van der Waals surface area contributed by atoms with E-state index in [0.717, 1.165) is 0 Å². The van der Waals surface area contributed by atoms with Gasteiger partial charge in [-0.15, -0.1) is 0 Å². The highest BCUT2D eigenvalue weighted by atomic mass is 32.2. The van der Waals surface area contributed by atoms with Gasteiger partial charge in [-0.25, -0.2) is 0 Å². The Balaban J connectivity index is 2.86. The summed E-state index contributed by atoms with van der Waals surface area (Å²) in [6.07, 6.45) is 0.228. The number of rotatable bonds is 7. The van der Waals surface area contributed by atoms with Gasteiger partial charge in [-0.1, -0.05) is 18.2 Å². The number of carbonyl (C=O) groups is 1. The Labute approximate surface area is 113 Å². The Hall–Kier alpha value is -1.60. The van der Waals surface area contributed by atoms with Crippen LogP contribution in [0.2, 0.25) is 0 Å². The van der Waals surface area contributed by atoms with Crippen LogP contribution in [0.25, 0.3) is 0 Å². The summed E-state index contributed by atoms with van der Waals surface area (Å²) in [7, 11) is -3.64. The van der Waals surface area contributed by atoms with Crippen LogP contribution in [-0.4, -0.2) is 25.5 Å². The molecular weight excluding hydrogens is 268 g/mol. The molecule has 0 unspecified atom stereocenters. The quantitative estimate of drug-likeness (QED) is 0.705. The van der Waals surface area contributed by atoms with Crippen molar-refractivity contribution in [1.82, 2.24) is 4.72 Å². The van der Waals surface area contributed by atoms with Gasteiger partial charge in [-0.05, 0) is 31.9 Å². The molecular formula is C12H18N2O4S. The van der Waals surface area contributed by atoms with Gasteiger partial charge >= 0.3 is 5.97 Å². The molecule has 0 saturated heterocycles. The topological polar surface area (TPSA) is 95.5 Å². The zero-order valence-electron chi connectivity index (χ0n) is 10.9. The van der Waals surface area contributed by atoms with Crippen LogP contribution < -0.4 is 9.44 Å². The molecule has 19 heavy (non-hydrogen) atoms. The van der Waals surface area contributed by atoms with E-state index in [9.17, 15) is 13.2 Å². The average molecular weight is 286 g/mol. The third-order valence-corrected chi connectivity index (χ3v) is 3.53. The van der Waals surface area contributed by atoms with E-state index in [1.54, 1.807) is 38.1 Å². The molecule has 0 aliphatic carbocycles. The predicted octanol–water partition coefficient (Wildman–Crippen LogP) is 1.36. The van der Waals surface area contributed by atoms with E-state index in [0.29, 0.717) is 11.3 Å². The minimum absolute atomic E-state index is 0.0453. The number of hydrogen-bond donors (Lipinski definition) is 3. The molecule has 0 aromatic heterocycles. The van der Waals surface area contributed by atoms with Crippen LogP contribution in [0.5, 0.6) is 0 Å². The summed E-state index contributed by atoms with van der Waals surface area (Å²) in [4.78, 5) is 10.6. The van der Waals surface area contributed by atoms with E-state index >= 15 is 0 Å². The first-order valence-corrected chi connectivity index (χ1v) is 7.38. The Kier molecular flexibility index (Phi) is 5.31. The fourth-order valence-electron chi connectivity index (χ4n) is 1.56. The summed E-state index contributed by atoms with van der Waals surface area (Å²) >= 11 is 0. The largest absolute Gasteiger partial charge is 0.481 e. The summed E-state index contributed by atoms with van der Waals surface area (Å²) < 4.78 is 28.3. The normalized spacial score (nSPS) is 11.5. The highest BCUT2D eigenvalue weighted by molar-refractivity contribution is 7.90. The lowest BCUT2D eigenvalue weighted by atomic mass is 10.1. The first-order valence-electron chi connectivity index (χ1n) is 5.90. The second-order valence-electron chi connectivity index (χ2n) is 4.43. The van der Waals surface area contributed by atoms with Crippen molar-refractivity contribution in [2.75, 3.05) is 4.72 Å². The maximum Gasteiger partial charge on any atom is 0.303 e. The second kappa shape index (κ2) is 6.53. The Morgan fingerprint density at radius 3 is 2.53 bits per heavy atom. The highest BCUT2D eigenvalue weighted by Crippen LogP contribution is 2.18. The Bertz CT molecular complexity index is 540. The molecule has 0 bridgehead atoms. The number of benzene rings is 1. The first kappa shape index (κ1) is 15.5. The van der Waals surface area contributed by atoms with E-state index in [4.69, 9.17) is 5.11 Å². The molecule has 3 N–H and O–H groups in total. The number of aliphatic carboxylic acids is 1. The number of para-hydroxylation sites is 1. The molecule has 0 amide bonds. The second-order valence-corrected chi connectivity index (χ2v) is 5.88. The van der Waals surface area contributed by atoms with Gasteiger partial charge in [-0.2, -0.15) is 13.1 Å². The Morgan fingerprint density at radius 1 is 1.32 bits per heavy atom. The summed E-state index contributed by atoms with van der Waals surface area (Å²) in [5.74, 6) is -0.919. The van der Waals surface area contributed by atoms with Crippen molar-refractivity contribution in [3.05, 3.63) is 29.8 Å². The molecule has 0 aliphatic rings. The zero-order chi connectivity index (χ0) is 14.5. The zero-order valence-corrected chi connectivity index (χ0v) is 11.7. The lowest BCUT2D eigenvalue weighted by Crippen LogP contribution is -2.35. The lowest BCUT2D eigenvalue weighted by Gasteiger charge is -2.14. The maximum absolute atomic E-state index is 11.8. The fourth-order valence-corrected chi connectivity index (χ4v) is 2.73. The van der Waals surface area contributed by atoms with Crippen molar-refractivity contribution in [1.29, 1.82) is 0 Å². The number of aryl methyl sites for hydroxylation is 1.